The van der Waals surface area contributed by atoms with E-state index in [-0.39, 0.29) is 39.3 Å². The molecule has 0 unspecified atom stereocenters. The molecule has 2 aliphatic heterocycles. The van der Waals surface area contributed by atoms with E-state index in [0.717, 1.165) is 11.3 Å². The fourth-order valence-electron chi connectivity index (χ4n) is 3.17. The average molecular weight is 493 g/mol. The number of nitrogens with one attached hydrogen (secondary N) is 1. The number of nitrogens with zero attached hydrogens (tertiary/aromatic N) is 4. The van der Waals surface area contributed by atoms with Gasteiger partial charge < -0.3 is 10.4 Å². The molecule has 0 aliphatic carbocycles. The van der Waals surface area contributed by atoms with E-state index in [4.69, 9.17) is 23.2 Å². The zero-order chi connectivity index (χ0) is 22.3. The van der Waals surface area contributed by atoms with Gasteiger partial charge in [0.25, 0.3) is 0 Å². The van der Waals surface area contributed by atoms with Gasteiger partial charge in [0.15, 0.2) is 5.78 Å². The van der Waals surface area contributed by atoms with Gasteiger partial charge in [-0.2, -0.15) is 4.99 Å². The smallest absolute Gasteiger partial charge is 0.234 e. The normalized spacial score (nSPS) is 16.3. The van der Waals surface area contributed by atoms with E-state index in [9.17, 15) is 9.90 Å². The van der Waals surface area contributed by atoms with Crippen molar-refractivity contribution >= 4 is 65.2 Å². The molecule has 0 amide bonds. The first-order chi connectivity index (χ1) is 14.6. The third kappa shape index (κ3) is 4.65. The first kappa shape index (κ1) is 23.8. The predicted molar refractivity (Wildman–Crippen MR) is 132 cm³/mol. The molecule has 4 rings (SSSR count). The number of ketones is 1. The molecule has 32 heavy (non-hydrogen) atoms. The van der Waals surface area contributed by atoms with Crippen LogP contribution in [-0.4, -0.2) is 39.6 Å². The van der Waals surface area contributed by atoms with Crippen LogP contribution in [0.15, 0.2) is 63.1 Å². The second-order valence-electron chi connectivity index (χ2n) is 7.66. The molecule has 7 nitrogen and oxygen atoms in total. The summed E-state index contributed by atoms with van der Waals surface area (Å²) in [5.41, 5.74) is 1.49. The number of aliphatic imine (C=N–C) groups is 3. The van der Waals surface area contributed by atoms with E-state index in [1.165, 1.54) is 18.3 Å². The molecule has 0 radical (unpaired) electrons. The fourth-order valence-corrected chi connectivity index (χ4v) is 3.66. The SMILES string of the molecule is Cc1ccc(NC2=NC(C)(C)N3C=C(C(=O)c4cc(Cl)cc(Cl)c4O)C=NC3=N2)cc1.Cl. The molecule has 0 aromatic heterocycles. The van der Waals surface area contributed by atoms with E-state index in [0.29, 0.717) is 11.9 Å². The van der Waals surface area contributed by atoms with Crippen LogP contribution in [-0.2, 0) is 0 Å². The summed E-state index contributed by atoms with van der Waals surface area (Å²) in [5, 5.41) is 13.6. The molecule has 2 aromatic carbocycles. The second kappa shape index (κ2) is 8.94. The Morgan fingerprint density at radius 1 is 1.16 bits per heavy atom. The fraction of sp³-hybridized carbons (Fsp3) is 0.182. The lowest BCUT2D eigenvalue weighted by molar-refractivity contribution is 0.103. The van der Waals surface area contributed by atoms with E-state index < -0.39 is 11.4 Å². The van der Waals surface area contributed by atoms with E-state index in [2.05, 4.69) is 20.3 Å². The lowest BCUT2D eigenvalue weighted by atomic mass is 10.0. The number of carbonyl (C=O) groups is 1. The summed E-state index contributed by atoms with van der Waals surface area (Å²) in [4.78, 5) is 28.2. The summed E-state index contributed by atoms with van der Waals surface area (Å²) in [5.74, 6) is 0.0117. The van der Waals surface area contributed by atoms with Crippen LogP contribution in [0.5, 0.6) is 5.75 Å². The van der Waals surface area contributed by atoms with Gasteiger partial charge >= 0.3 is 0 Å². The van der Waals surface area contributed by atoms with Crippen LogP contribution < -0.4 is 5.32 Å². The minimum Gasteiger partial charge on any atom is -0.506 e. The van der Waals surface area contributed by atoms with Gasteiger partial charge in [-0.3, -0.25) is 9.69 Å². The molecule has 0 saturated carbocycles. The highest BCUT2D eigenvalue weighted by Crippen LogP contribution is 2.33. The van der Waals surface area contributed by atoms with Crippen molar-refractivity contribution < 1.29 is 9.90 Å². The molecular formula is C22H20Cl3N5O2. The zero-order valence-electron chi connectivity index (χ0n) is 17.4. The minimum atomic E-state index is -0.762. The zero-order valence-corrected chi connectivity index (χ0v) is 19.8. The molecule has 0 bridgehead atoms. The van der Waals surface area contributed by atoms with Gasteiger partial charge in [-0.1, -0.05) is 40.9 Å². The molecule has 2 aliphatic rings. The molecule has 10 heteroatoms. The molecule has 0 fully saturated rings. The number of rotatable bonds is 3. The number of fused-ring (bicyclic) bond motifs is 1. The minimum absolute atomic E-state index is 0. The molecule has 0 saturated heterocycles. The van der Waals surface area contributed by atoms with Gasteiger partial charge in [-0.15, -0.1) is 12.4 Å². The van der Waals surface area contributed by atoms with Crippen molar-refractivity contribution in [1.29, 1.82) is 0 Å². The first-order valence-electron chi connectivity index (χ1n) is 9.44. The molecule has 0 spiro atoms. The van der Waals surface area contributed by atoms with Crippen LogP contribution in [0.3, 0.4) is 0 Å². The van der Waals surface area contributed by atoms with Crippen LogP contribution in [0.1, 0.15) is 29.8 Å². The van der Waals surface area contributed by atoms with Crippen LogP contribution in [0.25, 0.3) is 0 Å². The van der Waals surface area contributed by atoms with Gasteiger partial charge in [0.05, 0.1) is 16.2 Å². The van der Waals surface area contributed by atoms with Crippen molar-refractivity contribution in [3.05, 3.63) is 69.3 Å². The van der Waals surface area contributed by atoms with Crippen LogP contribution in [0.2, 0.25) is 10.0 Å². The van der Waals surface area contributed by atoms with Crippen LogP contribution >= 0.6 is 35.6 Å². The molecule has 2 heterocycles. The number of aromatic hydroxyl groups is 1. The number of carbonyl (C=O) groups excluding carboxylic acids is 1. The van der Waals surface area contributed by atoms with Crippen LogP contribution in [0, 0.1) is 6.92 Å². The van der Waals surface area contributed by atoms with E-state index >= 15 is 0 Å². The van der Waals surface area contributed by atoms with Crippen molar-refractivity contribution in [2.24, 2.45) is 15.0 Å². The topological polar surface area (TPSA) is 89.7 Å². The van der Waals surface area contributed by atoms with Gasteiger partial charge in [-0.25, -0.2) is 9.98 Å². The third-order valence-electron chi connectivity index (χ3n) is 4.82. The number of allylic oxidation sites excluding steroid dienone is 1. The summed E-state index contributed by atoms with van der Waals surface area (Å²) in [6.07, 6.45) is 3.01. The van der Waals surface area contributed by atoms with Crippen molar-refractivity contribution in [1.82, 2.24) is 4.90 Å². The Balaban J connectivity index is 0.00000289. The lowest BCUT2D eigenvalue weighted by Crippen LogP contribution is -2.48. The van der Waals surface area contributed by atoms with Gasteiger partial charge in [0.1, 0.15) is 11.4 Å². The Labute approximate surface area is 201 Å². The highest BCUT2D eigenvalue weighted by Gasteiger charge is 2.35. The predicted octanol–water partition coefficient (Wildman–Crippen LogP) is 5.46. The van der Waals surface area contributed by atoms with Crippen molar-refractivity contribution in [2.75, 3.05) is 5.32 Å². The highest BCUT2D eigenvalue weighted by atomic mass is 35.5. The van der Waals surface area contributed by atoms with E-state index in [1.807, 2.05) is 45.0 Å². The van der Waals surface area contributed by atoms with Gasteiger partial charge in [0.2, 0.25) is 11.9 Å². The average Bonchev–Trinajstić information content (AvgIpc) is 2.71. The Hall–Kier alpha value is -2.87. The quantitative estimate of drug-likeness (QED) is 0.557. The maximum atomic E-state index is 13.0. The maximum absolute atomic E-state index is 13.0. The monoisotopic (exact) mass is 491 g/mol. The maximum Gasteiger partial charge on any atom is 0.234 e. The number of hydrogen-bond donors (Lipinski definition) is 2. The summed E-state index contributed by atoms with van der Waals surface area (Å²) >= 11 is 12.0. The number of phenols is 1. The number of guanidine groups is 2. The Bertz CT molecular complexity index is 1200. The first-order valence-corrected chi connectivity index (χ1v) is 10.2. The van der Waals surface area contributed by atoms with Crippen molar-refractivity contribution in [3.63, 3.8) is 0 Å². The standard InChI is InChI=1S/C22H19Cl2N5O2.ClH/c1-12-4-6-15(7-5-12)26-20-27-21-25-10-13(11-29(21)22(2,3)28-20)18(30)16-8-14(23)9-17(24)19(16)31;/h4-11,31H,1-3H3,(H,26,28);1H. The van der Waals surface area contributed by atoms with E-state index in [1.54, 1.807) is 11.1 Å². The van der Waals surface area contributed by atoms with Crippen LogP contribution in [0.4, 0.5) is 5.69 Å². The van der Waals surface area contributed by atoms with Gasteiger partial charge in [0, 0.05) is 23.1 Å². The number of hydrogen-bond acceptors (Lipinski definition) is 7. The Kier molecular flexibility index (Phi) is 6.64. The molecule has 2 aromatic rings. The second-order valence-corrected chi connectivity index (χ2v) is 8.50. The Morgan fingerprint density at radius 2 is 1.84 bits per heavy atom. The summed E-state index contributed by atoms with van der Waals surface area (Å²) in [7, 11) is 0. The molecule has 0 atom stereocenters. The number of benzene rings is 2. The number of aryl methyl sites for hydroxylation is 1. The number of halogens is 3. The lowest BCUT2D eigenvalue weighted by Gasteiger charge is -2.38. The van der Waals surface area contributed by atoms with Gasteiger partial charge in [-0.05, 0) is 45.0 Å². The van der Waals surface area contributed by atoms with Crippen molar-refractivity contribution in [2.45, 2.75) is 26.4 Å². The third-order valence-corrected chi connectivity index (χ3v) is 5.33. The summed E-state index contributed by atoms with van der Waals surface area (Å²) < 4.78 is 0. The largest absolute Gasteiger partial charge is 0.506 e. The highest BCUT2D eigenvalue weighted by molar-refractivity contribution is 6.37. The number of Topliss-reactive ketones (excluding diaryl/α,β-unsaturated/α-hetero) is 1. The van der Waals surface area contributed by atoms with Crippen molar-refractivity contribution in [3.8, 4) is 5.75 Å². The molecule has 2 N–H and O–H groups in total. The summed E-state index contributed by atoms with van der Waals surface area (Å²) in [6.45, 7) is 5.78. The molecular weight excluding hydrogens is 473 g/mol. The number of anilines is 1. The Morgan fingerprint density at radius 3 is 2.53 bits per heavy atom. The molecule has 166 valence electrons. The number of phenolic OH excluding ortho intramolecular Hbond substituents is 1. The summed E-state index contributed by atoms with van der Waals surface area (Å²) in [6, 6.07) is 10.6.